The van der Waals surface area contributed by atoms with E-state index >= 15 is 0 Å². The second-order valence-corrected chi connectivity index (χ2v) is 6.18. The Bertz CT molecular complexity index is 511. The highest BCUT2D eigenvalue weighted by Crippen LogP contribution is 2.21. The molecule has 7 heteroatoms. The van der Waals surface area contributed by atoms with Gasteiger partial charge in [0.05, 0.1) is 30.6 Å². The zero-order valence-electron chi connectivity index (χ0n) is 11.8. The van der Waals surface area contributed by atoms with E-state index in [2.05, 4.69) is 4.74 Å². The number of carbonyl (C=O) groups excluding carboxylic acids is 2. The van der Waals surface area contributed by atoms with Gasteiger partial charge in [-0.05, 0) is 30.8 Å². The van der Waals surface area contributed by atoms with Crippen LogP contribution in [-0.2, 0) is 18.8 Å². The zero-order valence-corrected chi connectivity index (χ0v) is 12.6. The smallest absolute Gasteiger partial charge is 0.469 e. The maximum absolute atomic E-state index is 11.9. The van der Waals surface area contributed by atoms with Crippen LogP contribution in [0.2, 0.25) is 0 Å². The molecule has 0 amide bonds. The van der Waals surface area contributed by atoms with Gasteiger partial charge < -0.3 is 14.0 Å². The van der Waals surface area contributed by atoms with E-state index in [9.17, 15) is 9.59 Å². The summed E-state index contributed by atoms with van der Waals surface area (Å²) < 4.78 is 15.8. The summed E-state index contributed by atoms with van der Waals surface area (Å²) in [6.45, 7) is 4.45. The van der Waals surface area contributed by atoms with E-state index in [4.69, 9.17) is 9.31 Å². The van der Waals surface area contributed by atoms with Crippen molar-refractivity contribution in [1.29, 1.82) is 0 Å². The third-order valence-corrected chi connectivity index (χ3v) is 3.95. The van der Waals surface area contributed by atoms with E-state index in [1.165, 1.54) is 18.4 Å². The summed E-state index contributed by atoms with van der Waals surface area (Å²) in [5, 5.41) is 1.86. The van der Waals surface area contributed by atoms with Gasteiger partial charge in [0.2, 0.25) is 0 Å². The van der Waals surface area contributed by atoms with Crippen molar-refractivity contribution in [3.8, 4) is 0 Å². The number of hydrogen-bond acceptors (Lipinski definition) is 6. The van der Waals surface area contributed by atoms with Crippen LogP contribution < -0.4 is 5.46 Å². The first kappa shape index (κ1) is 15.2. The van der Waals surface area contributed by atoms with Gasteiger partial charge in [0.25, 0.3) is 0 Å². The number of ketones is 1. The molecule has 1 aliphatic heterocycles. The Morgan fingerprint density at radius 1 is 1.45 bits per heavy atom. The minimum Gasteiger partial charge on any atom is -0.469 e. The Morgan fingerprint density at radius 3 is 2.80 bits per heavy atom. The van der Waals surface area contributed by atoms with Crippen molar-refractivity contribution in [2.75, 3.05) is 13.7 Å². The average molecular weight is 296 g/mol. The van der Waals surface area contributed by atoms with Gasteiger partial charge in [-0.15, -0.1) is 11.3 Å². The first-order valence-corrected chi connectivity index (χ1v) is 7.27. The van der Waals surface area contributed by atoms with Crippen LogP contribution in [-0.4, -0.2) is 38.2 Å². The van der Waals surface area contributed by atoms with Crippen LogP contribution in [0.15, 0.2) is 11.4 Å². The van der Waals surface area contributed by atoms with E-state index in [-0.39, 0.29) is 30.2 Å². The lowest BCUT2D eigenvalue weighted by atomic mass is 9.81. The lowest BCUT2D eigenvalue weighted by Crippen LogP contribution is -2.33. The topological polar surface area (TPSA) is 61.8 Å². The van der Waals surface area contributed by atoms with Gasteiger partial charge >= 0.3 is 13.1 Å². The highest BCUT2D eigenvalue weighted by Gasteiger charge is 2.38. The highest BCUT2D eigenvalue weighted by molar-refractivity contribution is 7.13. The van der Waals surface area contributed by atoms with Crippen LogP contribution >= 0.6 is 11.3 Å². The van der Waals surface area contributed by atoms with Crippen LogP contribution in [0.3, 0.4) is 0 Å². The lowest BCUT2D eigenvalue weighted by Gasteiger charge is -2.14. The van der Waals surface area contributed by atoms with Gasteiger partial charge in [0.1, 0.15) is 0 Å². The van der Waals surface area contributed by atoms with E-state index in [0.29, 0.717) is 11.5 Å². The number of rotatable bonds is 5. The van der Waals surface area contributed by atoms with Crippen molar-refractivity contribution in [2.45, 2.75) is 32.3 Å². The molecule has 0 bridgehead atoms. The maximum Gasteiger partial charge on any atom is 0.495 e. The molecular formula is C13H17BO5S. The molecule has 2 heterocycles. The van der Waals surface area contributed by atoms with Gasteiger partial charge in [-0.2, -0.15) is 0 Å². The Balaban J connectivity index is 1.95. The molecule has 1 aromatic heterocycles. The molecule has 20 heavy (non-hydrogen) atoms. The lowest BCUT2D eigenvalue weighted by molar-refractivity contribution is -0.140. The molecule has 0 aromatic carbocycles. The predicted molar refractivity (Wildman–Crippen MR) is 76.4 cm³/mol. The second kappa shape index (κ2) is 6.07. The average Bonchev–Trinajstić information content (AvgIpc) is 3.01. The molecule has 2 rings (SSSR count). The molecule has 0 saturated carbocycles. The maximum atomic E-state index is 11.9. The van der Waals surface area contributed by atoms with Crippen LogP contribution in [0.5, 0.6) is 0 Å². The number of thiophene rings is 1. The normalized spacial score (nSPS) is 17.2. The standard InChI is InChI=1S/C13H17BO5S/c1-13(2)8-18-14(19-13)9-6-11(20-7-9)10(15)4-5-12(16)17-3/h6-7H,4-5,8H2,1-3H3. The highest BCUT2D eigenvalue weighted by atomic mass is 32.1. The fraction of sp³-hybridized carbons (Fsp3) is 0.538. The van der Waals surface area contributed by atoms with E-state index in [1.54, 1.807) is 6.07 Å². The Labute approximate surface area is 122 Å². The molecule has 5 nitrogen and oxygen atoms in total. The van der Waals surface area contributed by atoms with Crippen LogP contribution in [0, 0.1) is 0 Å². The summed E-state index contributed by atoms with van der Waals surface area (Å²) in [6, 6.07) is 1.77. The molecule has 0 radical (unpaired) electrons. The van der Waals surface area contributed by atoms with Crippen LogP contribution in [0.4, 0.5) is 0 Å². The van der Waals surface area contributed by atoms with Crippen molar-refractivity contribution in [3.63, 3.8) is 0 Å². The number of hydrogen-bond donors (Lipinski definition) is 0. The van der Waals surface area contributed by atoms with E-state index < -0.39 is 7.12 Å². The fourth-order valence-electron chi connectivity index (χ4n) is 1.86. The molecule has 1 saturated heterocycles. The number of esters is 1. The molecular weight excluding hydrogens is 279 g/mol. The number of ether oxygens (including phenoxy) is 1. The molecule has 0 spiro atoms. The largest absolute Gasteiger partial charge is 0.495 e. The Kier molecular flexibility index (Phi) is 4.62. The molecule has 0 unspecified atom stereocenters. The van der Waals surface area contributed by atoms with Crippen molar-refractivity contribution in [3.05, 3.63) is 16.3 Å². The van der Waals surface area contributed by atoms with Gasteiger partial charge in [0, 0.05) is 6.42 Å². The van der Waals surface area contributed by atoms with Crippen molar-refractivity contribution in [1.82, 2.24) is 0 Å². The van der Waals surface area contributed by atoms with Crippen LogP contribution in [0.1, 0.15) is 36.4 Å². The predicted octanol–water partition coefficient (Wildman–Crippen LogP) is 1.40. The first-order chi connectivity index (χ1) is 9.41. The minimum absolute atomic E-state index is 0.0658. The molecule has 1 fully saturated rings. The van der Waals surface area contributed by atoms with Gasteiger partial charge in [-0.3, -0.25) is 9.59 Å². The Hall–Kier alpha value is -1.18. The summed E-state index contributed by atoms with van der Waals surface area (Å²) in [4.78, 5) is 23.6. The van der Waals surface area contributed by atoms with Gasteiger partial charge in [0.15, 0.2) is 5.78 Å². The van der Waals surface area contributed by atoms with Gasteiger partial charge in [-0.25, -0.2) is 0 Å². The molecule has 108 valence electrons. The van der Waals surface area contributed by atoms with E-state index in [1.807, 2.05) is 19.2 Å². The quantitative estimate of drug-likeness (QED) is 0.467. The summed E-state index contributed by atoms with van der Waals surface area (Å²) in [6.07, 6.45) is 0.260. The number of Topliss-reactive ketones (excluding diaryl/α,β-unsaturated/α-hetero) is 1. The van der Waals surface area contributed by atoms with Crippen molar-refractivity contribution in [2.24, 2.45) is 0 Å². The summed E-state index contributed by atoms with van der Waals surface area (Å²) >= 11 is 1.34. The first-order valence-electron chi connectivity index (χ1n) is 6.39. The van der Waals surface area contributed by atoms with Crippen molar-refractivity contribution < 1.29 is 23.6 Å². The number of methoxy groups -OCH3 is 1. The molecule has 0 N–H and O–H groups in total. The minimum atomic E-state index is -0.414. The van der Waals surface area contributed by atoms with Crippen LogP contribution in [0.25, 0.3) is 0 Å². The second-order valence-electron chi connectivity index (χ2n) is 5.26. The molecule has 0 aliphatic carbocycles. The zero-order chi connectivity index (χ0) is 14.8. The summed E-state index contributed by atoms with van der Waals surface area (Å²) in [5.41, 5.74) is 0.545. The summed E-state index contributed by atoms with van der Waals surface area (Å²) in [7, 11) is 0.899. The third-order valence-electron chi connectivity index (χ3n) is 2.96. The third kappa shape index (κ3) is 3.68. The number of carbonyl (C=O) groups is 2. The van der Waals surface area contributed by atoms with Crippen molar-refractivity contribution >= 4 is 35.7 Å². The fourth-order valence-corrected chi connectivity index (χ4v) is 2.74. The molecule has 1 aliphatic rings. The monoisotopic (exact) mass is 296 g/mol. The SMILES string of the molecule is COC(=O)CCC(=O)c1cc(B2OCC(C)(C)O2)cs1. The van der Waals surface area contributed by atoms with E-state index in [0.717, 1.165) is 5.46 Å². The Morgan fingerprint density at radius 2 is 2.20 bits per heavy atom. The van der Waals surface area contributed by atoms with Gasteiger partial charge in [-0.1, -0.05) is 0 Å². The summed E-state index contributed by atoms with van der Waals surface area (Å²) in [5.74, 6) is -0.441. The molecule has 1 aromatic rings. The molecule has 0 atom stereocenters.